The SMILES string of the molecule is OC(CCl)Cn1c(SCc2ccccc2)nc(-c2ccccc2)c1-c1ccccc1. The van der Waals surface area contributed by atoms with Crippen molar-refractivity contribution in [2.45, 2.75) is 23.6 Å². The Labute approximate surface area is 186 Å². The Morgan fingerprint density at radius 2 is 1.40 bits per heavy atom. The van der Waals surface area contributed by atoms with E-state index in [0.29, 0.717) is 6.54 Å². The molecule has 1 heterocycles. The minimum absolute atomic E-state index is 0.176. The molecule has 0 fully saturated rings. The molecule has 0 radical (unpaired) electrons. The molecular weight excluding hydrogens is 412 g/mol. The molecule has 4 rings (SSSR count). The standard InChI is InChI=1S/C25H23ClN2OS/c26-16-22(29)17-28-24(21-14-8-3-9-15-21)23(20-12-6-2-7-13-20)27-25(28)30-18-19-10-4-1-5-11-19/h1-15,22,29H,16-18H2. The van der Waals surface area contributed by atoms with E-state index in [0.717, 1.165) is 33.4 Å². The molecular formula is C25H23ClN2OS. The van der Waals surface area contributed by atoms with Gasteiger partial charge in [0.2, 0.25) is 0 Å². The molecule has 30 heavy (non-hydrogen) atoms. The Kier molecular flexibility index (Phi) is 6.90. The van der Waals surface area contributed by atoms with Gasteiger partial charge in [-0.1, -0.05) is 103 Å². The number of aliphatic hydroxyl groups excluding tert-OH is 1. The highest BCUT2D eigenvalue weighted by Crippen LogP contribution is 2.37. The van der Waals surface area contributed by atoms with E-state index < -0.39 is 6.10 Å². The minimum atomic E-state index is -0.650. The van der Waals surface area contributed by atoms with Crippen LogP contribution < -0.4 is 0 Å². The fraction of sp³-hybridized carbons (Fsp3) is 0.160. The van der Waals surface area contributed by atoms with Crippen LogP contribution in [0, 0.1) is 0 Å². The summed E-state index contributed by atoms with van der Waals surface area (Å²) in [5, 5.41) is 11.3. The number of rotatable bonds is 8. The lowest BCUT2D eigenvalue weighted by Crippen LogP contribution is -2.18. The topological polar surface area (TPSA) is 38.0 Å². The number of alkyl halides is 1. The molecule has 5 heteroatoms. The van der Waals surface area contributed by atoms with Crippen LogP contribution in [0.25, 0.3) is 22.5 Å². The molecule has 1 aromatic heterocycles. The number of halogens is 1. The third-order valence-electron chi connectivity index (χ3n) is 4.81. The van der Waals surface area contributed by atoms with Crippen molar-refractivity contribution in [2.75, 3.05) is 5.88 Å². The largest absolute Gasteiger partial charge is 0.390 e. The van der Waals surface area contributed by atoms with Gasteiger partial charge in [-0.3, -0.25) is 0 Å². The first kappa shape index (κ1) is 20.7. The quantitative estimate of drug-likeness (QED) is 0.268. The van der Waals surface area contributed by atoms with Crippen molar-refractivity contribution in [2.24, 2.45) is 0 Å². The van der Waals surface area contributed by atoms with E-state index in [9.17, 15) is 5.11 Å². The van der Waals surface area contributed by atoms with Crippen molar-refractivity contribution < 1.29 is 5.11 Å². The molecule has 0 saturated heterocycles. The Bertz CT molecular complexity index is 1070. The normalized spacial score (nSPS) is 12.1. The van der Waals surface area contributed by atoms with E-state index in [1.165, 1.54) is 5.56 Å². The maximum atomic E-state index is 10.4. The average molecular weight is 435 g/mol. The highest BCUT2D eigenvalue weighted by atomic mass is 35.5. The second-order valence-corrected chi connectivity index (χ2v) is 8.27. The van der Waals surface area contributed by atoms with E-state index in [1.54, 1.807) is 11.8 Å². The van der Waals surface area contributed by atoms with Gasteiger partial charge in [0.15, 0.2) is 5.16 Å². The summed E-state index contributed by atoms with van der Waals surface area (Å²) in [6.45, 7) is 0.394. The van der Waals surface area contributed by atoms with Crippen molar-refractivity contribution >= 4 is 23.4 Å². The monoisotopic (exact) mass is 434 g/mol. The summed E-state index contributed by atoms with van der Waals surface area (Å²) in [7, 11) is 0. The van der Waals surface area contributed by atoms with E-state index >= 15 is 0 Å². The van der Waals surface area contributed by atoms with Gasteiger partial charge in [0.1, 0.15) is 0 Å². The summed E-state index contributed by atoms with van der Waals surface area (Å²) >= 11 is 7.63. The third kappa shape index (κ3) is 4.78. The van der Waals surface area contributed by atoms with Gasteiger partial charge in [-0.2, -0.15) is 0 Å². The summed E-state index contributed by atoms with van der Waals surface area (Å²) in [5.74, 6) is 0.979. The maximum Gasteiger partial charge on any atom is 0.169 e. The van der Waals surface area contributed by atoms with Gasteiger partial charge in [0, 0.05) is 16.9 Å². The summed E-state index contributed by atoms with van der Waals surface area (Å²) in [6, 6.07) is 30.8. The van der Waals surface area contributed by atoms with Crippen LogP contribution in [0.4, 0.5) is 0 Å². The van der Waals surface area contributed by atoms with Gasteiger partial charge in [0.25, 0.3) is 0 Å². The van der Waals surface area contributed by atoms with Gasteiger partial charge in [0.05, 0.1) is 29.9 Å². The maximum absolute atomic E-state index is 10.4. The molecule has 3 nitrogen and oxygen atoms in total. The number of hydrogen-bond donors (Lipinski definition) is 1. The van der Waals surface area contributed by atoms with Crippen LogP contribution in [-0.4, -0.2) is 26.6 Å². The lowest BCUT2D eigenvalue weighted by atomic mass is 10.0. The van der Waals surface area contributed by atoms with Gasteiger partial charge < -0.3 is 9.67 Å². The zero-order chi connectivity index (χ0) is 20.8. The zero-order valence-electron chi connectivity index (χ0n) is 16.5. The first-order valence-electron chi connectivity index (χ1n) is 9.88. The Morgan fingerprint density at radius 3 is 2.00 bits per heavy atom. The number of hydrogen-bond acceptors (Lipinski definition) is 3. The molecule has 1 N–H and O–H groups in total. The van der Waals surface area contributed by atoms with Crippen molar-refractivity contribution in [3.05, 3.63) is 96.6 Å². The Hall–Kier alpha value is -2.53. The van der Waals surface area contributed by atoms with Gasteiger partial charge in [-0.15, -0.1) is 11.6 Å². The lowest BCUT2D eigenvalue weighted by molar-refractivity contribution is 0.174. The van der Waals surface area contributed by atoms with Crippen LogP contribution in [0.15, 0.2) is 96.2 Å². The molecule has 0 amide bonds. The summed E-state index contributed by atoms with van der Waals surface area (Å²) in [5.41, 5.74) is 5.27. The number of imidazole rings is 1. The number of aliphatic hydroxyl groups is 1. The Morgan fingerprint density at radius 1 is 0.833 bits per heavy atom. The number of benzene rings is 3. The first-order chi connectivity index (χ1) is 14.8. The molecule has 0 saturated carbocycles. The van der Waals surface area contributed by atoms with Gasteiger partial charge in [-0.25, -0.2) is 4.98 Å². The summed E-state index contributed by atoms with van der Waals surface area (Å²) in [4.78, 5) is 5.03. The highest BCUT2D eigenvalue weighted by molar-refractivity contribution is 7.98. The number of thioether (sulfide) groups is 1. The van der Waals surface area contributed by atoms with Crippen LogP contribution in [-0.2, 0) is 12.3 Å². The fourth-order valence-electron chi connectivity index (χ4n) is 3.38. The van der Waals surface area contributed by atoms with Crippen LogP contribution >= 0.6 is 23.4 Å². The third-order valence-corrected chi connectivity index (χ3v) is 6.21. The molecule has 0 aliphatic carbocycles. The molecule has 0 aliphatic heterocycles. The predicted octanol–water partition coefficient (Wildman–Crippen LogP) is 6.11. The van der Waals surface area contributed by atoms with Crippen molar-refractivity contribution in [3.63, 3.8) is 0 Å². The van der Waals surface area contributed by atoms with Crippen molar-refractivity contribution in [1.82, 2.24) is 9.55 Å². The van der Waals surface area contributed by atoms with Gasteiger partial charge >= 0.3 is 0 Å². The molecule has 0 spiro atoms. The first-order valence-corrected chi connectivity index (χ1v) is 11.4. The second kappa shape index (κ2) is 9.98. The van der Waals surface area contributed by atoms with E-state index in [4.69, 9.17) is 16.6 Å². The predicted molar refractivity (Wildman–Crippen MR) is 126 cm³/mol. The molecule has 1 atom stereocenters. The zero-order valence-corrected chi connectivity index (χ0v) is 18.1. The van der Waals surface area contributed by atoms with E-state index in [1.807, 2.05) is 54.6 Å². The van der Waals surface area contributed by atoms with Crippen molar-refractivity contribution in [3.8, 4) is 22.5 Å². The molecule has 4 aromatic rings. The van der Waals surface area contributed by atoms with Crippen LogP contribution in [0.5, 0.6) is 0 Å². The smallest absolute Gasteiger partial charge is 0.169 e. The molecule has 152 valence electrons. The van der Waals surface area contributed by atoms with Crippen molar-refractivity contribution in [1.29, 1.82) is 0 Å². The van der Waals surface area contributed by atoms with E-state index in [-0.39, 0.29) is 5.88 Å². The van der Waals surface area contributed by atoms with Crippen LogP contribution in [0.2, 0.25) is 0 Å². The molecule has 0 bridgehead atoms. The summed E-state index contributed by atoms with van der Waals surface area (Å²) in [6.07, 6.45) is -0.650. The molecule has 1 unspecified atom stereocenters. The minimum Gasteiger partial charge on any atom is -0.390 e. The average Bonchev–Trinajstić information content (AvgIpc) is 3.17. The van der Waals surface area contributed by atoms with Gasteiger partial charge in [-0.05, 0) is 5.56 Å². The van der Waals surface area contributed by atoms with Crippen LogP contribution in [0.1, 0.15) is 5.56 Å². The molecule has 3 aromatic carbocycles. The number of aromatic nitrogens is 2. The molecule has 0 aliphatic rings. The highest BCUT2D eigenvalue weighted by Gasteiger charge is 2.22. The Balaban J connectivity index is 1.82. The second-order valence-electron chi connectivity index (χ2n) is 7.02. The van der Waals surface area contributed by atoms with Crippen LogP contribution in [0.3, 0.4) is 0 Å². The lowest BCUT2D eigenvalue weighted by Gasteiger charge is -2.15. The fourth-order valence-corrected chi connectivity index (χ4v) is 4.44. The number of nitrogens with zero attached hydrogens (tertiary/aromatic N) is 2. The van der Waals surface area contributed by atoms with E-state index in [2.05, 4.69) is 41.0 Å². The summed E-state index contributed by atoms with van der Waals surface area (Å²) < 4.78 is 2.11.